The van der Waals surface area contributed by atoms with Gasteiger partial charge in [-0.2, -0.15) is 4.31 Å². The van der Waals surface area contributed by atoms with E-state index in [1.165, 1.54) is 40.7 Å². The van der Waals surface area contributed by atoms with Crippen molar-refractivity contribution in [1.29, 1.82) is 0 Å². The molecule has 214 valence electrons. The number of anilines is 2. The first-order valence-electron chi connectivity index (χ1n) is 13.0. The molecule has 0 atom stereocenters. The van der Waals surface area contributed by atoms with E-state index in [0.717, 1.165) is 54.3 Å². The van der Waals surface area contributed by atoms with Gasteiger partial charge in [-0.05, 0) is 92.6 Å². The summed E-state index contributed by atoms with van der Waals surface area (Å²) < 4.78 is 74.4. The van der Waals surface area contributed by atoms with Crippen molar-refractivity contribution < 1.29 is 30.8 Å². The number of sulfonamides is 2. The second kappa shape index (κ2) is 12.8. The minimum Gasteiger partial charge on any atom is -0.494 e. The van der Waals surface area contributed by atoms with E-state index in [0.29, 0.717) is 31.1 Å². The Labute approximate surface area is 234 Å². The van der Waals surface area contributed by atoms with E-state index in [1.807, 2.05) is 6.92 Å². The van der Waals surface area contributed by atoms with Gasteiger partial charge in [0.1, 0.15) is 18.1 Å². The van der Waals surface area contributed by atoms with E-state index in [9.17, 15) is 26.0 Å². The molecule has 3 aromatic rings. The minimum absolute atomic E-state index is 0.127. The predicted molar refractivity (Wildman–Crippen MR) is 151 cm³/mol. The van der Waals surface area contributed by atoms with Gasteiger partial charge in [-0.1, -0.05) is 12.8 Å². The van der Waals surface area contributed by atoms with Crippen molar-refractivity contribution in [3.05, 3.63) is 78.6 Å². The Bertz CT molecular complexity index is 1500. The van der Waals surface area contributed by atoms with E-state index in [-0.39, 0.29) is 15.5 Å². The molecule has 40 heavy (non-hydrogen) atoms. The number of halogens is 1. The van der Waals surface area contributed by atoms with Crippen molar-refractivity contribution in [3.8, 4) is 5.75 Å². The van der Waals surface area contributed by atoms with Crippen molar-refractivity contribution in [2.24, 2.45) is 0 Å². The number of carbonyl (C=O) groups is 1. The number of amides is 1. The average molecular weight is 590 g/mol. The molecule has 0 unspecified atom stereocenters. The molecule has 1 fully saturated rings. The topological polar surface area (TPSA) is 113 Å². The lowest BCUT2D eigenvalue weighted by Crippen LogP contribution is -2.38. The summed E-state index contributed by atoms with van der Waals surface area (Å²) >= 11 is 0. The van der Waals surface area contributed by atoms with Crippen molar-refractivity contribution in [2.75, 3.05) is 35.9 Å². The van der Waals surface area contributed by atoms with Crippen molar-refractivity contribution in [3.63, 3.8) is 0 Å². The van der Waals surface area contributed by atoms with Gasteiger partial charge in [-0.25, -0.2) is 21.2 Å². The van der Waals surface area contributed by atoms with Gasteiger partial charge in [0, 0.05) is 18.8 Å². The molecule has 0 radical (unpaired) electrons. The van der Waals surface area contributed by atoms with Crippen LogP contribution in [0, 0.1) is 5.82 Å². The standard InChI is InChI=1S/C28H32FN3O6S2/c1-2-38-25-13-11-24(12-14-25)32(40(36,37)27-15-7-22(29)8-16-27)21-28(33)30-23-9-17-26(18-10-23)39(34,35)31-19-5-3-4-6-20-31/h7-18H,2-6,19-21H2,1H3,(H,30,33). The largest absolute Gasteiger partial charge is 0.494 e. The zero-order valence-corrected chi connectivity index (χ0v) is 23.8. The molecule has 1 N–H and O–H groups in total. The normalized spacial score (nSPS) is 14.8. The van der Waals surface area contributed by atoms with Crippen LogP contribution in [0.4, 0.5) is 15.8 Å². The molecule has 0 spiro atoms. The summed E-state index contributed by atoms with van der Waals surface area (Å²) in [6.07, 6.45) is 3.64. The van der Waals surface area contributed by atoms with Crippen LogP contribution in [0.1, 0.15) is 32.6 Å². The molecule has 0 bridgehead atoms. The number of nitrogens with one attached hydrogen (secondary N) is 1. The van der Waals surface area contributed by atoms with Gasteiger partial charge in [-0.3, -0.25) is 9.10 Å². The highest BCUT2D eigenvalue weighted by Gasteiger charge is 2.28. The van der Waals surface area contributed by atoms with Crippen LogP contribution in [0.25, 0.3) is 0 Å². The predicted octanol–water partition coefficient (Wildman–Crippen LogP) is 4.62. The molecule has 1 aliphatic rings. The van der Waals surface area contributed by atoms with Crippen molar-refractivity contribution in [1.82, 2.24) is 4.31 Å². The molecule has 1 saturated heterocycles. The van der Waals surface area contributed by atoms with Gasteiger partial charge < -0.3 is 10.1 Å². The van der Waals surface area contributed by atoms with E-state index in [2.05, 4.69) is 5.32 Å². The Morgan fingerprint density at radius 3 is 2.00 bits per heavy atom. The van der Waals surface area contributed by atoms with Gasteiger partial charge in [0.15, 0.2) is 0 Å². The Hall–Kier alpha value is -3.48. The average Bonchev–Trinajstić information content (AvgIpc) is 3.24. The Kier molecular flexibility index (Phi) is 9.44. The van der Waals surface area contributed by atoms with Crippen molar-refractivity contribution >= 4 is 37.3 Å². The summed E-state index contributed by atoms with van der Waals surface area (Å²) in [6, 6.07) is 16.3. The smallest absolute Gasteiger partial charge is 0.264 e. The summed E-state index contributed by atoms with van der Waals surface area (Å²) in [7, 11) is -7.90. The van der Waals surface area contributed by atoms with E-state index in [1.54, 1.807) is 12.1 Å². The summed E-state index contributed by atoms with van der Waals surface area (Å²) in [4.78, 5) is 13.0. The zero-order chi connectivity index (χ0) is 28.8. The maximum absolute atomic E-state index is 13.5. The van der Waals surface area contributed by atoms with Gasteiger partial charge in [-0.15, -0.1) is 0 Å². The zero-order valence-electron chi connectivity index (χ0n) is 22.1. The Morgan fingerprint density at radius 2 is 1.43 bits per heavy atom. The lowest BCUT2D eigenvalue weighted by atomic mass is 10.2. The number of rotatable bonds is 10. The Morgan fingerprint density at radius 1 is 0.850 bits per heavy atom. The van der Waals surface area contributed by atoms with Crippen LogP contribution in [0.15, 0.2) is 82.6 Å². The first kappa shape index (κ1) is 29.5. The number of benzene rings is 3. The lowest BCUT2D eigenvalue weighted by molar-refractivity contribution is -0.114. The van der Waals surface area contributed by atoms with Crippen LogP contribution in [-0.4, -0.2) is 53.3 Å². The molecule has 1 amide bonds. The monoisotopic (exact) mass is 589 g/mol. The third-order valence-electron chi connectivity index (χ3n) is 6.47. The molecule has 4 rings (SSSR count). The SMILES string of the molecule is CCOc1ccc(N(CC(=O)Nc2ccc(S(=O)(=O)N3CCCCCC3)cc2)S(=O)(=O)c2ccc(F)cc2)cc1. The van der Waals surface area contributed by atoms with Gasteiger partial charge in [0.2, 0.25) is 15.9 Å². The molecule has 1 aliphatic heterocycles. The Balaban J connectivity index is 1.54. The fourth-order valence-corrected chi connectivity index (χ4v) is 7.33. The number of nitrogens with zero attached hydrogens (tertiary/aromatic N) is 2. The van der Waals surface area contributed by atoms with Gasteiger partial charge >= 0.3 is 0 Å². The van der Waals surface area contributed by atoms with Crippen molar-refractivity contribution in [2.45, 2.75) is 42.4 Å². The maximum atomic E-state index is 13.5. The highest BCUT2D eigenvalue weighted by molar-refractivity contribution is 7.92. The summed E-state index contributed by atoms with van der Waals surface area (Å²) in [5.41, 5.74) is 0.521. The summed E-state index contributed by atoms with van der Waals surface area (Å²) in [5, 5.41) is 2.64. The fraction of sp³-hybridized carbons (Fsp3) is 0.321. The fourth-order valence-electron chi connectivity index (χ4n) is 4.40. The molecule has 3 aromatic carbocycles. The van der Waals surface area contributed by atoms with Crippen LogP contribution >= 0.6 is 0 Å². The molecule has 0 aliphatic carbocycles. The van der Waals surface area contributed by atoms with Crippen LogP contribution < -0.4 is 14.4 Å². The third kappa shape index (κ3) is 6.98. The highest BCUT2D eigenvalue weighted by atomic mass is 32.2. The van der Waals surface area contributed by atoms with Crippen LogP contribution in [-0.2, 0) is 24.8 Å². The number of carbonyl (C=O) groups excluding carboxylic acids is 1. The van der Waals surface area contributed by atoms with Gasteiger partial charge in [0.05, 0.1) is 22.1 Å². The molecule has 12 heteroatoms. The molecule has 0 aromatic heterocycles. The maximum Gasteiger partial charge on any atom is 0.264 e. The third-order valence-corrected chi connectivity index (χ3v) is 10.2. The molecule has 1 heterocycles. The molecular weight excluding hydrogens is 557 g/mol. The number of hydrogen-bond acceptors (Lipinski definition) is 6. The van der Waals surface area contributed by atoms with Crippen LogP contribution in [0.5, 0.6) is 5.75 Å². The molecular formula is C28H32FN3O6S2. The van der Waals surface area contributed by atoms with E-state index >= 15 is 0 Å². The molecule has 9 nitrogen and oxygen atoms in total. The van der Waals surface area contributed by atoms with Crippen LogP contribution in [0.2, 0.25) is 0 Å². The van der Waals surface area contributed by atoms with E-state index < -0.39 is 38.3 Å². The second-order valence-electron chi connectivity index (χ2n) is 9.28. The lowest BCUT2D eigenvalue weighted by Gasteiger charge is -2.24. The second-order valence-corrected chi connectivity index (χ2v) is 13.1. The summed E-state index contributed by atoms with van der Waals surface area (Å²) in [6.45, 7) is 2.62. The molecule has 0 saturated carbocycles. The first-order chi connectivity index (χ1) is 19.1. The number of hydrogen-bond donors (Lipinski definition) is 1. The van der Waals surface area contributed by atoms with E-state index in [4.69, 9.17) is 4.74 Å². The highest BCUT2D eigenvalue weighted by Crippen LogP contribution is 2.27. The first-order valence-corrected chi connectivity index (χ1v) is 15.9. The van der Waals surface area contributed by atoms with Gasteiger partial charge in [0.25, 0.3) is 10.0 Å². The van der Waals surface area contributed by atoms with Crippen LogP contribution in [0.3, 0.4) is 0 Å². The quantitative estimate of drug-likeness (QED) is 0.369. The summed E-state index contributed by atoms with van der Waals surface area (Å²) in [5.74, 6) is -0.710. The number of ether oxygens (including phenoxy) is 1. The minimum atomic E-state index is -4.24.